The van der Waals surface area contributed by atoms with Crippen LogP contribution in [0.2, 0.25) is 0 Å². The standard InChI is InChI=1S/C15H15F2N3O3/c1-8-18-19-13(23-8)7-20-6-9(3-14(20)21)15-11(16)4-10(22-2)5-12(15)17/h4-5,9H,3,6-7H2,1-2H3/t9-/m0/s1. The maximum Gasteiger partial charge on any atom is 0.235 e. The highest BCUT2D eigenvalue weighted by atomic mass is 19.1. The Morgan fingerprint density at radius 1 is 1.35 bits per heavy atom. The number of hydrogen-bond acceptors (Lipinski definition) is 5. The molecule has 1 saturated heterocycles. The average Bonchev–Trinajstić information content (AvgIpc) is 3.05. The molecule has 1 atom stereocenters. The van der Waals surface area contributed by atoms with Crippen molar-refractivity contribution in [1.29, 1.82) is 0 Å². The highest BCUT2D eigenvalue weighted by Crippen LogP contribution is 2.34. The molecular weight excluding hydrogens is 308 g/mol. The van der Waals surface area contributed by atoms with Crippen molar-refractivity contribution in [3.63, 3.8) is 0 Å². The van der Waals surface area contributed by atoms with Gasteiger partial charge >= 0.3 is 0 Å². The molecule has 0 N–H and O–H groups in total. The summed E-state index contributed by atoms with van der Waals surface area (Å²) in [5.74, 6) is -1.39. The molecule has 8 heteroatoms. The number of carbonyl (C=O) groups excluding carboxylic acids is 1. The predicted molar refractivity (Wildman–Crippen MR) is 74.7 cm³/mol. The number of likely N-dealkylation sites (tertiary alicyclic amines) is 1. The van der Waals surface area contributed by atoms with Gasteiger partial charge < -0.3 is 14.1 Å². The van der Waals surface area contributed by atoms with Crippen molar-refractivity contribution in [3.05, 3.63) is 41.1 Å². The van der Waals surface area contributed by atoms with Crippen LogP contribution < -0.4 is 4.74 Å². The minimum Gasteiger partial charge on any atom is -0.497 e. The van der Waals surface area contributed by atoms with Crippen LogP contribution in [0.3, 0.4) is 0 Å². The van der Waals surface area contributed by atoms with E-state index in [1.165, 1.54) is 12.0 Å². The number of hydrogen-bond donors (Lipinski definition) is 0. The summed E-state index contributed by atoms with van der Waals surface area (Å²) in [5, 5.41) is 7.51. The van der Waals surface area contributed by atoms with Crippen molar-refractivity contribution >= 4 is 5.91 Å². The lowest BCUT2D eigenvalue weighted by Gasteiger charge is -2.15. The fourth-order valence-electron chi connectivity index (χ4n) is 2.75. The molecule has 6 nitrogen and oxygen atoms in total. The molecule has 0 radical (unpaired) electrons. The lowest BCUT2D eigenvalue weighted by atomic mass is 9.97. The summed E-state index contributed by atoms with van der Waals surface area (Å²) in [6.45, 7) is 1.98. The lowest BCUT2D eigenvalue weighted by Crippen LogP contribution is -2.24. The molecular formula is C15H15F2N3O3. The number of nitrogens with zero attached hydrogens (tertiary/aromatic N) is 3. The number of amides is 1. The van der Waals surface area contributed by atoms with Gasteiger partial charge in [-0.1, -0.05) is 0 Å². The average molecular weight is 323 g/mol. The van der Waals surface area contributed by atoms with E-state index in [2.05, 4.69) is 10.2 Å². The van der Waals surface area contributed by atoms with Crippen LogP contribution in [0.4, 0.5) is 8.78 Å². The molecule has 0 saturated carbocycles. The van der Waals surface area contributed by atoms with Gasteiger partial charge in [-0.15, -0.1) is 10.2 Å². The quantitative estimate of drug-likeness (QED) is 0.862. The molecule has 0 bridgehead atoms. The van der Waals surface area contributed by atoms with Gasteiger partial charge in [-0.05, 0) is 0 Å². The van der Waals surface area contributed by atoms with Gasteiger partial charge in [-0.2, -0.15) is 0 Å². The molecule has 23 heavy (non-hydrogen) atoms. The maximum atomic E-state index is 14.1. The summed E-state index contributed by atoms with van der Waals surface area (Å²) in [5.41, 5.74) is -0.0941. The Bertz CT molecular complexity index is 724. The second-order valence-corrected chi connectivity index (χ2v) is 5.39. The van der Waals surface area contributed by atoms with Crippen molar-refractivity contribution in [2.75, 3.05) is 13.7 Å². The minimum atomic E-state index is -0.713. The van der Waals surface area contributed by atoms with E-state index in [0.717, 1.165) is 12.1 Å². The molecule has 0 spiro atoms. The monoisotopic (exact) mass is 323 g/mol. The maximum absolute atomic E-state index is 14.1. The van der Waals surface area contributed by atoms with Crippen molar-refractivity contribution in [2.45, 2.75) is 25.8 Å². The van der Waals surface area contributed by atoms with E-state index in [9.17, 15) is 13.6 Å². The van der Waals surface area contributed by atoms with E-state index >= 15 is 0 Å². The predicted octanol–water partition coefficient (Wildman–Crippen LogP) is 2.18. The largest absolute Gasteiger partial charge is 0.497 e. The summed E-state index contributed by atoms with van der Waals surface area (Å²) < 4.78 is 38.4. The Morgan fingerprint density at radius 3 is 2.61 bits per heavy atom. The molecule has 122 valence electrons. The third kappa shape index (κ3) is 3.01. The molecule has 0 unspecified atom stereocenters. The van der Waals surface area contributed by atoms with Gasteiger partial charge in [0.15, 0.2) is 0 Å². The summed E-state index contributed by atoms with van der Waals surface area (Å²) in [6, 6.07) is 2.24. The number of aromatic nitrogens is 2. The first kappa shape index (κ1) is 15.4. The van der Waals surface area contributed by atoms with Crippen molar-refractivity contribution in [3.8, 4) is 5.75 Å². The van der Waals surface area contributed by atoms with Gasteiger partial charge in [-0.3, -0.25) is 4.79 Å². The molecule has 1 aromatic carbocycles. The van der Waals surface area contributed by atoms with Crippen molar-refractivity contribution < 1.29 is 22.7 Å². The van der Waals surface area contributed by atoms with Crippen LogP contribution >= 0.6 is 0 Å². The van der Waals surface area contributed by atoms with Crippen LogP contribution in [0.15, 0.2) is 16.5 Å². The Balaban J connectivity index is 1.79. The Kier molecular flexibility index (Phi) is 3.97. The smallest absolute Gasteiger partial charge is 0.235 e. The van der Waals surface area contributed by atoms with Gasteiger partial charge in [0.2, 0.25) is 17.7 Å². The summed E-state index contributed by atoms with van der Waals surface area (Å²) in [6.07, 6.45) is 0.0350. The highest BCUT2D eigenvalue weighted by molar-refractivity contribution is 5.79. The zero-order chi connectivity index (χ0) is 16.6. The molecule has 1 aliphatic rings. The van der Waals surface area contributed by atoms with Gasteiger partial charge in [0.05, 0.1) is 13.7 Å². The second kappa shape index (κ2) is 5.94. The van der Waals surface area contributed by atoms with Gasteiger partial charge in [0.1, 0.15) is 17.4 Å². The number of carbonyl (C=O) groups is 1. The van der Waals surface area contributed by atoms with Crippen LogP contribution in [0, 0.1) is 18.6 Å². The van der Waals surface area contributed by atoms with E-state index in [4.69, 9.17) is 9.15 Å². The molecule has 2 heterocycles. The number of ether oxygens (including phenoxy) is 1. The normalized spacial score (nSPS) is 17.8. The van der Waals surface area contributed by atoms with E-state index in [1.807, 2.05) is 0 Å². The molecule has 3 rings (SSSR count). The molecule has 1 aliphatic heterocycles. The number of halogens is 2. The first-order chi connectivity index (χ1) is 11.0. The first-order valence-electron chi connectivity index (χ1n) is 7.07. The van der Waals surface area contributed by atoms with Gasteiger partial charge in [-0.25, -0.2) is 8.78 Å². The van der Waals surface area contributed by atoms with E-state index in [1.54, 1.807) is 6.92 Å². The van der Waals surface area contributed by atoms with Gasteiger partial charge in [0.25, 0.3) is 0 Å². The van der Waals surface area contributed by atoms with Crippen LogP contribution in [0.25, 0.3) is 0 Å². The SMILES string of the molecule is COc1cc(F)c([C@H]2CC(=O)N(Cc3nnc(C)o3)C2)c(F)c1. The number of methoxy groups -OCH3 is 1. The van der Waals surface area contributed by atoms with Crippen LogP contribution in [-0.2, 0) is 11.3 Å². The van der Waals surface area contributed by atoms with Gasteiger partial charge in [0, 0.05) is 43.5 Å². The topological polar surface area (TPSA) is 68.5 Å². The molecule has 2 aromatic rings. The summed E-state index contributed by atoms with van der Waals surface area (Å²) in [4.78, 5) is 13.5. The fourth-order valence-corrected chi connectivity index (χ4v) is 2.75. The minimum absolute atomic E-state index is 0.0350. The number of rotatable bonds is 4. The second-order valence-electron chi connectivity index (χ2n) is 5.39. The molecule has 0 aliphatic carbocycles. The molecule has 1 fully saturated rings. The summed E-state index contributed by atoms with van der Waals surface area (Å²) >= 11 is 0. The lowest BCUT2D eigenvalue weighted by molar-refractivity contribution is -0.128. The fraction of sp³-hybridized carbons (Fsp3) is 0.400. The summed E-state index contributed by atoms with van der Waals surface area (Å²) in [7, 11) is 1.33. The third-order valence-corrected chi connectivity index (χ3v) is 3.81. The number of benzene rings is 1. The Morgan fingerprint density at radius 2 is 2.04 bits per heavy atom. The molecule has 1 aromatic heterocycles. The Labute approximate surface area is 131 Å². The van der Waals surface area contributed by atoms with Crippen LogP contribution in [0.1, 0.15) is 29.7 Å². The van der Waals surface area contributed by atoms with E-state index in [0.29, 0.717) is 11.8 Å². The van der Waals surface area contributed by atoms with Crippen molar-refractivity contribution in [1.82, 2.24) is 15.1 Å². The Hall–Kier alpha value is -2.51. The molecule has 1 amide bonds. The zero-order valence-corrected chi connectivity index (χ0v) is 12.7. The van der Waals surface area contributed by atoms with Crippen LogP contribution in [-0.4, -0.2) is 34.7 Å². The highest BCUT2D eigenvalue weighted by Gasteiger charge is 2.35. The zero-order valence-electron chi connectivity index (χ0n) is 12.7. The third-order valence-electron chi connectivity index (χ3n) is 3.81. The number of aryl methyl sites for hydroxylation is 1. The first-order valence-corrected chi connectivity index (χ1v) is 7.07. The van der Waals surface area contributed by atoms with Crippen LogP contribution in [0.5, 0.6) is 5.75 Å². The van der Waals surface area contributed by atoms with Crippen molar-refractivity contribution in [2.24, 2.45) is 0 Å². The van der Waals surface area contributed by atoms with E-state index in [-0.39, 0.29) is 36.7 Å². The van der Waals surface area contributed by atoms with E-state index < -0.39 is 17.6 Å².